The number of benzene rings is 2. The molecule has 0 aliphatic rings. The van der Waals surface area contributed by atoms with Gasteiger partial charge in [-0.25, -0.2) is 13.4 Å². The van der Waals surface area contributed by atoms with Gasteiger partial charge in [0.15, 0.2) is 9.84 Å². The van der Waals surface area contributed by atoms with Crippen molar-refractivity contribution in [1.29, 1.82) is 5.26 Å². The number of aryl methyl sites for hydroxylation is 1. The molecule has 168 valence electrons. The lowest BCUT2D eigenvalue weighted by molar-refractivity contribution is -0.136. The second-order valence-electron chi connectivity index (χ2n) is 7.33. The van der Waals surface area contributed by atoms with Crippen molar-refractivity contribution in [3.05, 3.63) is 77.6 Å². The Hall–Kier alpha value is -3.84. The predicted octanol–water partition coefficient (Wildman–Crippen LogP) is 5.40. The fourth-order valence-corrected chi connectivity index (χ4v) is 4.40. The van der Waals surface area contributed by atoms with Crippen LogP contribution >= 0.6 is 0 Å². The minimum Gasteiger partial charge on any atom is -0.457 e. The predicted molar refractivity (Wildman–Crippen MR) is 115 cm³/mol. The minimum absolute atomic E-state index is 0.000393. The maximum absolute atomic E-state index is 13.4. The number of imidazole rings is 1. The zero-order valence-corrected chi connectivity index (χ0v) is 18.2. The Morgan fingerprint density at radius 3 is 2.45 bits per heavy atom. The highest BCUT2D eigenvalue weighted by molar-refractivity contribution is 7.90. The molecule has 6 nitrogen and oxygen atoms in total. The fraction of sp³-hybridized carbons (Fsp3) is 0.130. The first-order valence-corrected chi connectivity index (χ1v) is 11.5. The molecule has 0 saturated heterocycles. The van der Waals surface area contributed by atoms with Crippen LogP contribution in [0.15, 0.2) is 65.7 Å². The average Bonchev–Trinajstić information content (AvgIpc) is 3.08. The monoisotopic (exact) mass is 471 g/mol. The molecule has 2 aromatic heterocycles. The molecule has 2 aromatic carbocycles. The Morgan fingerprint density at radius 2 is 1.79 bits per heavy atom. The lowest BCUT2D eigenvalue weighted by atomic mass is 10.1. The molecule has 0 aliphatic carbocycles. The van der Waals surface area contributed by atoms with E-state index in [1.165, 1.54) is 34.9 Å². The molecule has 4 rings (SSSR count). The molecule has 0 aliphatic heterocycles. The van der Waals surface area contributed by atoms with Gasteiger partial charge in [-0.05, 0) is 43.3 Å². The summed E-state index contributed by atoms with van der Waals surface area (Å²) in [6.07, 6.45) is -2.04. The third-order valence-corrected chi connectivity index (χ3v) is 6.08. The van der Waals surface area contributed by atoms with Gasteiger partial charge in [-0.3, -0.25) is 4.40 Å². The summed E-state index contributed by atoms with van der Waals surface area (Å²) in [5.74, 6) is 0.527. The van der Waals surface area contributed by atoms with Crippen molar-refractivity contribution in [2.24, 2.45) is 0 Å². The summed E-state index contributed by atoms with van der Waals surface area (Å²) in [5, 5.41) is 9.15. The van der Waals surface area contributed by atoms with Crippen molar-refractivity contribution in [2.75, 3.05) is 6.26 Å². The van der Waals surface area contributed by atoms with Gasteiger partial charge in [0.2, 0.25) is 0 Å². The molecule has 0 amide bonds. The first-order chi connectivity index (χ1) is 15.5. The van der Waals surface area contributed by atoms with Crippen molar-refractivity contribution < 1.29 is 26.3 Å². The number of pyridine rings is 1. The molecule has 2 heterocycles. The van der Waals surface area contributed by atoms with Crippen LogP contribution in [0.2, 0.25) is 0 Å². The Morgan fingerprint density at radius 1 is 1.06 bits per heavy atom. The fourth-order valence-electron chi connectivity index (χ4n) is 3.56. The Balaban J connectivity index is 1.77. The normalized spacial score (nSPS) is 12.0. The van der Waals surface area contributed by atoms with Gasteiger partial charge in [-0.2, -0.15) is 18.4 Å². The van der Waals surface area contributed by atoms with Crippen molar-refractivity contribution in [3.63, 3.8) is 0 Å². The maximum Gasteiger partial charge on any atom is 0.419 e. The van der Waals surface area contributed by atoms with E-state index in [-0.39, 0.29) is 21.9 Å². The molecule has 0 atom stereocenters. The number of nitriles is 1. The zero-order valence-electron chi connectivity index (χ0n) is 17.4. The third-order valence-electron chi connectivity index (χ3n) is 4.95. The molecule has 10 heteroatoms. The molecule has 0 bridgehead atoms. The number of sulfone groups is 1. The minimum atomic E-state index is -4.55. The van der Waals surface area contributed by atoms with Crippen molar-refractivity contribution in [2.45, 2.75) is 18.0 Å². The van der Waals surface area contributed by atoms with E-state index in [4.69, 9.17) is 10.00 Å². The highest BCUT2D eigenvalue weighted by Crippen LogP contribution is 2.36. The second kappa shape index (κ2) is 7.94. The number of ether oxygens (including phenoxy) is 1. The van der Waals surface area contributed by atoms with E-state index in [1.54, 1.807) is 31.2 Å². The standard InChI is InChI=1S/C23H16F3N3O3S/c1-14-21(29-10-4-7-19(22(29)28-14)23(24,25)26)15-5-3-6-17(11-15)32-18-9-8-16(13-27)20(12-18)33(2,30)31/h3-12H,1-2H3. The number of hydrogen-bond acceptors (Lipinski definition) is 5. The number of nitrogens with zero attached hydrogens (tertiary/aromatic N) is 3. The third kappa shape index (κ3) is 4.27. The summed E-state index contributed by atoms with van der Waals surface area (Å²) in [7, 11) is -3.66. The van der Waals surface area contributed by atoms with E-state index in [0.717, 1.165) is 12.3 Å². The Kier molecular flexibility index (Phi) is 5.38. The van der Waals surface area contributed by atoms with E-state index in [0.29, 0.717) is 22.7 Å². The molecule has 0 unspecified atom stereocenters. The van der Waals surface area contributed by atoms with Crippen molar-refractivity contribution in [1.82, 2.24) is 9.38 Å². The summed E-state index contributed by atoms with van der Waals surface area (Å²) in [4.78, 5) is 3.98. The number of alkyl halides is 3. The van der Waals surface area contributed by atoms with E-state index in [1.807, 2.05) is 6.07 Å². The lowest BCUT2D eigenvalue weighted by Gasteiger charge is -2.11. The summed E-state index contributed by atoms with van der Waals surface area (Å²) in [5.41, 5.74) is 0.403. The van der Waals surface area contributed by atoms with E-state index >= 15 is 0 Å². The maximum atomic E-state index is 13.4. The van der Waals surface area contributed by atoms with Gasteiger partial charge in [-0.15, -0.1) is 0 Å². The molecular formula is C23H16F3N3O3S. The molecule has 0 N–H and O–H groups in total. The molecule has 0 saturated carbocycles. The highest BCUT2D eigenvalue weighted by atomic mass is 32.2. The van der Waals surface area contributed by atoms with Crippen LogP contribution in [0, 0.1) is 18.3 Å². The van der Waals surface area contributed by atoms with Crippen LogP contribution in [0.3, 0.4) is 0 Å². The van der Waals surface area contributed by atoms with Crippen LogP contribution in [0.4, 0.5) is 13.2 Å². The van der Waals surface area contributed by atoms with Gasteiger partial charge < -0.3 is 4.74 Å². The van der Waals surface area contributed by atoms with Gasteiger partial charge in [-0.1, -0.05) is 12.1 Å². The molecule has 0 radical (unpaired) electrons. The largest absolute Gasteiger partial charge is 0.457 e. The summed E-state index contributed by atoms with van der Waals surface area (Å²) < 4.78 is 71.4. The Labute approximate surface area is 187 Å². The molecule has 0 spiro atoms. The molecule has 4 aromatic rings. The average molecular weight is 471 g/mol. The lowest BCUT2D eigenvalue weighted by Crippen LogP contribution is -2.07. The summed E-state index contributed by atoms with van der Waals surface area (Å²) >= 11 is 0. The van der Waals surface area contributed by atoms with Gasteiger partial charge >= 0.3 is 6.18 Å². The van der Waals surface area contributed by atoms with Crippen LogP contribution in [0.1, 0.15) is 16.8 Å². The molecule has 0 fully saturated rings. The topological polar surface area (TPSA) is 84.5 Å². The highest BCUT2D eigenvalue weighted by Gasteiger charge is 2.34. The van der Waals surface area contributed by atoms with E-state index in [9.17, 15) is 21.6 Å². The first-order valence-electron chi connectivity index (χ1n) is 9.56. The van der Waals surface area contributed by atoms with Crippen molar-refractivity contribution in [3.8, 4) is 28.8 Å². The molecular weight excluding hydrogens is 455 g/mol. The SMILES string of the molecule is Cc1nc2c(C(F)(F)F)cccn2c1-c1cccc(Oc2ccc(C#N)c(S(C)(=O)=O)c2)c1. The number of hydrogen-bond donors (Lipinski definition) is 0. The van der Waals surface area contributed by atoms with Crippen LogP contribution in [-0.4, -0.2) is 24.1 Å². The number of fused-ring (bicyclic) bond motifs is 1. The number of rotatable bonds is 4. The van der Waals surface area contributed by atoms with Crippen LogP contribution in [0.5, 0.6) is 11.5 Å². The molecule has 33 heavy (non-hydrogen) atoms. The van der Waals surface area contributed by atoms with Gasteiger partial charge in [0.1, 0.15) is 23.2 Å². The van der Waals surface area contributed by atoms with Gasteiger partial charge in [0, 0.05) is 24.1 Å². The van der Waals surface area contributed by atoms with Gasteiger partial charge in [0.25, 0.3) is 0 Å². The van der Waals surface area contributed by atoms with Crippen LogP contribution in [0.25, 0.3) is 16.9 Å². The van der Waals surface area contributed by atoms with Crippen LogP contribution < -0.4 is 4.74 Å². The second-order valence-corrected chi connectivity index (χ2v) is 9.32. The zero-order chi connectivity index (χ0) is 24.0. The summed E-state index contributed by atoms with van der Waals surface area (Å²) in [6.45, 7) is 1.62. The van der Waals surface area contributed by atoms with Crippen LogP contribution in [-0.2, 0) is 16.0 Å². The number of halogens is 3. The van der Waals surface area contributed by atoms with E-state index < -0.39 is 21.6 Å². The Bertz CT molecular complexity index is 1530. The van der Waals surface area contributed by atoms with Gasteiger partial charge in [0.05, 0.1) is 27.4 Å². The van der Waals surface area contributed by atoms with Crippen molar-refractivity contribution >= 4 is 15.5 Å². The summed E-state index contributed by atoms with van der Waals surface area (Å²) in [6, 6.07) is 14.8. The number of aromatic nitrogens is 2. The first kappa shape index (κ1) is 22.4. The smallest absolute Gasteiger partial charge is 0.419 e. The quantitative estimate of drug-likeness (QED) is 0.398. The van der Waals surface area contributed by atoms with E-state index in [2.05, 4.69) is 4.98 Å².